The molecule has 0 unspecified atom stereocenters. The quantitative estimate of drug-likeness (QED) is 0.770. The van der Waals surface area contributed by atoms with Gasteiger partial charge >= 0.3 is 0 Å². The molecule has 0 aromatic carbocycles. The molecule has 0 aliphatic carbocycles. The Balaban J connectivity index is 2.26. The summed E-state index contributed by atoms with van der Waals surface area (Å²) in [5.74, 6) is 0.347. The highest BCUT2D eigenvalue weighted by molar-refractivity contribution is 5.76. The van der Waals surface area contributed by atoms with Crippen LogP contribution in [0.1, 0.15) is 46.0 Å². The zero-order valence-corrected chi connectivity index (χ0v) is 10.1. The number of carbonyl (C=O) groups is 1. The summed E-state index contributed by atoms with van der Waals surface area (Å²) in [5.41, 5.74) is 0. The second kappa shape index (κ2) is 6.83. The van der Waals surface area contributed by atoms with Crippen LogP contribution in [0.25, 0.3) is 0 Å². The monoisotopic (exact) mass is 212 g/mol. The Hall–Kier alpha value is -0.570. The number of hydrogen-bond donors (Lipinski definition) is 1. The summed E-state index contributed by atoms with van der Waals surface area (Å²) in [7, 11) is 0. The van der Waals surface area contributed by atoms with Gasteiger partial charge in [-0.3, -0.25) is 4.79 Å². The van der Waals surface area contributed by atoms with Crippen molar-refractivity contribution in [2.45, 2.75) is 52.0 Å². The molecule has 3 heteroatoms. The van der Waals surface area contributed by atoms with Gasteiger partial charge in [0.2, 0.25) is 5.91 Å². The van der Waals surface area contributed by atoms with Crippen LogP contribution in [-0.2, 0) is 4.79 Å². The fraction of sp³-hybridized carbons (Fsp3) is 0.917. The number of hydrogen-bond acceptors (Lipinski definition) is 2. The van der Waals surface area contributed by atoms with Crippen LogP contribution in [-0.4, -0.2) is 36.5 Å². The summed E-state index contributed by atoms with van der Waals surface area (Å²) in [6, 6.07) is 0.509. The van der Waals surface area contributed by atoms with Crippen molar-refractivity contribution in [1.29, 1.82) is 0 Å². The summed E-state index contributed by atoms with van der Waals surface area (Å²) in [6.45, 7) is 7.02. The summed E-state index contributed by atoms with van der Waals surface area (Å²) < 4.78 is 0. The molecular formula is C12H24N2O. The average molecular weight is 212 g/mol. The van der Waals surface area contributed by atoms with Gasteiger partial charge in [-0.2, -0.15) is 0 Å². The minimum Gasteiger partial charge on any atom is -0.341 e. The molecule has 1 aliphatic heterocycles. The Morgan fingerprint density at radius 3 is 2.73 bits per heavy atom. The predicted octanol–water partition coefficient (Wildman–Crippen LogP) is 1.78. The van der Waals surface area contributed by atoms with E-state index in [9.17, 15) is 4.79 Å². The minimum atomic E-state index is 0.347. The van der Waals surface area contributed by atoms with E-state index in [1.165, 1.54) is 19.3 Å². The van der Waals surface area contributed by atoms with Gasteiger partial charge in [-0.25, -0.2) is 0 Å². The first-order chi connectivity index (χ1) is 7.20. The molecular weight excluding hydrogens is 188 g/mol. The number of nitrogens with zero attached hydrogens (tertiary/aromatic N) is 1. The lowest BCUT2D eigenvalue weighted by molar-refractivity contribution is -0.131. The molecule has 1 saturated heterocycles. The molecule has 0 aromatic rings. The third-order valence-corrected chi connectivity index (χ3v) is 2.86. The third-order valence-electron chi connectivity index (χ3n) is 2.86. The van der Waals surface area contributed by atoms with Crippen LogP contribution < -0.4 is 5.32 Å². The van der Waals surface area contributed by atoms with E-state index in [0.717, 1.165) is 32.5 Å². The van der Waals surface area contributed by atoms with Gasteiger partial charge in [0.15, 0.2) is 0 Å². The Morgan fingerprint density at radius 1 is 1.27 bits per heavy atom. The maximum Gasteiger partial charge on any atom is 0.222 e. The Morgan fingerprint density at radius 2 is 2.00 bits per heavy atom. The van der Waals surface area contributed by atoms with Gasteiger partial charge in [0.1, 0.15) is 0 Å². The summed E-state index contributed by atoms with van der Waals surface area (Å²) >= 11 is 0. The lowest BCUT2D eigenvalue weighted by Gasteiger charge is -2.25. The van der Waals surface area contributed by atoms with Gasteiger partial charge in [-0.05, 0) is 12.8 Å². The molecule has 0 bridgehead atoms. The molecule has 15 heavy (non-hydrogen) atoms. The first-order valence-corrected chi connectivity index (χ1v) is 6.21. The topological polar surface area (TPSA) is 32.3 Å². The van der Waals surface area contributed by atoms with Crippen LogP contribution in [0.4, 0.5) is 0 Å². The van der Waals surface area contributed by atoms with Crippen molar-refractivity contribution in [3.63, 3.8) is 0 Å². The molecule has 1 N–H and O–H groups in total. The van der Waals surface area contributed by atoms with Gasteiger partial charge in [0.05, 0.1) is 0 Å². The zero-order chi connectivity index (χ0) is 11.1. The normalized spacial score (nSPS) is 19.1. The summed E-state index contributed by atoms with van der Waals surface area (Å²) in [5, 5.41) is 3.36. The van der Waals surface area contributed by atoms with E-state index < -0.39 is 0 Å². The summed E-state index contributed by atoms with van der Waals surface area (Å²) in [6.07, 6.45) is 5.51. The van der Waals surface area contributed by atoms with Crippen molar-refractivity contribution >= 4 is 5.91 Å². The van der Waals surface area contributed by atoms with Crippen molar-refractivity contribution in [1.82, 2.24) is 10.2 Å². The predicted molar refractivity (Wildman–Crippen MR) is 62.8 cm³/mol. The maximum absolute atomic E-state index is 11.7. The summed E-state index contributed by atoms with van der Waals surface area (Å²) in [4.78, 5) is 13.8. The second-order valence-corrected chi connectivity index (χ2v) is 4.65. The highest BCUT2D eigenvalue weighted by Crippen LogP contribution is 2.11. The maximum atomic E-state index is 11.7. The Bertz CT molecular complexity index is 192. The molecule has 88 valence electrons. The first-order valence-electron chi connectivity index (χ1n) is 6.21. The van der Waals surface area contributed by atoms with Crippen LogP contribution in [0.5, 0.6) is 0 Å². The second-order valence-electron chi connectivity index (χ2n) is 4.65. The van der Waals surface area contributed by atoms with E-state index in [4.69, 9.17) is 0 Å². The van der Waals surface area contributed by atoms with E-state index in [2.05, 4.69) is 19.2 Å². The molecule has 0 spiro atoms. The van der Waals surface area contributed by atoms with Crippen molar-refractivity contribution in [3.8, 4) is 0 Å². The van der Waals surface area contributed by atoms with E-state index in [1.54, 1.807) is 0 Å². The fourth-order valence-electron chi connectivity index (χ4n) is 1.94. The third kappa shape index (κ3) is 5.17. The van der Waals surface area contributed by atoms with E-state index in [1.807, 2.05) is 4.90 Å². The highest BCUT2D eigenvalue weighted by Gasteiger charge is 2.14. The van der Waals surface area contributed by atoms with Crippen molar-refractivity contribution in [2.75, 3.05) is 19.6 Å². The molecule has 3 nitrogen and oxygen atoms in total. The lowest BCUT2D eigenvalue weighted by Crippen LogP contribution is -2.39. The van der Waals surface area contributed by atoms with Crippen LogP contribution in [0.3, 0.4) is 0 Å². The molecule has 1 heterocycles. The van der Waals surface area contributed by atoms with E-state index in [-0.39, 0.29) is 0 Å². The standard InChI is InChI=1S/C12H24N2O/c1-11(2)13-8-10-14-9-6-4-3-5-7-12(14)15/h11,13H,3-10H2,1-2H3. The lowest BCUT2D eigenvalue weighted by atomic mass is 10.1. The minimum absolute atomic E-state index is 0.347. The number of carbonyl (C=O) groups excluding carboxylic acids is 1. The van der Waals surface area contributed by atoms with Gasteiger partial charge in [-0.15, -0.1) is 0 Å². The molecule has 0 saturated carbocycles. The molecule has 0 atom stereocenters. The van der Waals surface area contributed by atoms with Gasteiger partial charge in [-0.1, -0.05) is 26.7 Å². The SMILES string of the molecule is CC(C)NCCN1CCCCCCC1=O. The molecule has 1 fully saturated rings. The van der Waals surface area contributed by atoms with Crippen LogP contribution in [0.15, 0.2) is 0 Å². The van der Waals surface area contributed by atoms with Gasteiger partial charge in [0.25, 0.3) is 0 Å². The van der Waals surface area contributed by atoms with Crippen molar-refractivity contribution < 1.29 is 4.79 Å². The van der Waals surface area contributed by atoms with Gasteiger partial charge < -0.3 is 10.2 Å². The molecule has 1 rings (SSSR count). The molecule has 1 aliphatic rings. The molecule has 0 radical (unpaired) electrons. The van der Waals surface area contributed by atoms with Crippen LogP contribution in [0.2, 0.25) is 0 Å². The molecule has 1 amide bonds. The number of nitrogens with one attached hydrogen (secondary N) is 1. The number of likely N-dealkylation sites (tertiary alicyclic amines) is 1. The first kappa shape index (κ1) is 12.5. The number of amides is 1. The molecule has 0 aromatic heterocycles. The zero-order valence-electron chi connectivity index (χ0n) is 10.1. The van der Waals surface area contributed by atoms with E-state index in [0.29, 0.717) is 11.9 Å². The fourth-order valence-corrected chi connectivity index (χ4v) is 1.94. The Kier molecular flexibility index (Phi) is 5.69. The van der Waals surface area contributed by atoms with Crippen LogP contribution in [0, 0.1) is 0 Å². The van der Waals surface area contributed by atoms with Crippen LogP contribution >= 0.6 is 0 Å². The smallest absolute Gasteiger partial charge is 0.222 e. The van der Waals surface area contributed by atoms with E-state index >= 15 is 0 Å². The average Bonchev–Trinajstić information content (AvgIpc) is 2.16. The highest BCUT2D eigenvalue weighted by atomic mass is 16.2. The number of rotatable bonds is 4. The van der Waals surface area contributed by atoms with Gasteiger partial charge in [0, 0.05) is 32.1 Å². The largest absolute Gasteiger partial charge is 0.341 e. The Labute approximate surface area is 93.2 Å². The van der Waals surface area contributed by atoms with Crippen molar-refractivity contribution in [2.24, 2.45) is 0 Å². The van der Waals surface area contributed by atoms with Crippen molar-refractivity contribution in [3.05, 3.63) is 0 Å².